The van der Waals surface area contributed by atoms with Crippen LogP contribution in [0.3, 0.4) is 0 Å². The standard InChI is InChI=1S/C18H28N4O2.HI/c1-19-18(21-15-8-4-5-9-15)20-12-14-7-6-10-16(11-14)24-13-17(23)22(2)3;/h6-7,10-11,15H,4-5,8-9,12-13H2,1-3H3,(H2,19,20,21);1H. The van der Waals surface area contributed by atoms with E-state index in [1.165, 1.54) is 30.6 Å². The summed E-state index contributed by atoms with van der Waals surface area (Å²) >= 11 is 0. The number of hydrogen-bond acceptors (Lipinski definition) is 3. The zero-order valence-electron chi connectivity index (χ0n) is 15.2. The second-order valence-electron chi connectivity index (χ2n) is 6.28. The Bertz CT molecular complexity index is 572. The van der Waals surface area contributed by atoms with Gasteiger partial charge in [0.25, 0.3) is 5.91 Å². The van der Waals surface area contributed by atoms with E-state index in [9.17, 15) is 4.79 Å². The van der Waals surface area contributed by atoms with Crippen LogP contribution in [-0.4, -0.2) is 50.6 Å². The summed E-state index contributed by atoms with van der Waals surface area (Å²) in [4.78, 5) is 17.4. The quantitative estimate of drug-likeness (QED) is 0.389. The molecule has 2 rings (SSSR count). The molecule has 0 heterocycles. The van der Waals surface area contributed by atoms with Crippen molar-refractivity contribution in [2.45, 2.75) is 38.3 Å². The number of hydrogen-bond donors (Lipinski definition) is 2. The van der Waals surface area contributed by atoms with Crippen molar-refractivity contribution in [3.05, 3.63) is 29.8 Å². The first kappa shape index (κ1) is 21.5. The third kappa shape index (κ3) is 7.50. The molecule has 25 heavy (non-hydrogen) atoms. The molecule has 1 aromatic carbocycles. The highest BCUT2D eigenvalue weighted by Gasteiger charge is 2.15. The molecule has 1 aliphatic rings. The molecule has 0 bridgehead atoms. The maximum atomic E-state index is 11.6. The molecule has 1 aromatic rings. The van der Waals surface area contributed by atoms with Crippen LogP contribution in [0, 0.1) is 0 Å². The van der Waals surface area contributed by atoms with Crippen molar-refractivity contribution >= 4 is 35.8 Å². The summed E-state index contributed by atoms with van der Waals surface area (Å²) in [6, 6.07) is 8.29. The number of carbonyl (C=O) groups is 1. The van der Waals surface area contributed by atoms with Gasteiger partial charge in [-0.15, -0.1) is 24.0 Å². The summed E-state index contributed by atoms with van der Waals surface area (Å²) in [7, 11) is 5.22. The molecular formula is C18H29IN4O2. The minimum atomic E-state index is -0.0558. The van der Waals surface area contributed by atoms with Gasteiger partial charge in [-0.05, 0) is 30.5 Å². The van der Waals surface area contributed by atoms with Gasteiger partial charge in [-0.2, -0.15) is 0 Å². The van der Waals surface area contributed by atoms with E-state index in [1.807, 2.05) is 24.3 Å². The van der Waals surface area contributed by atoms with Crippen LogP contribution >= 0.6 is 24.0 Å². The summed E-state index contributed by atoms with van der Waals surface area (Å²) in [6.45, 7) is 0.708. The van der Waals surface area contributed by atoms with E-state index in [-0.39, 0.29) is 36.5 Å². The van der Waals surface area contributed by atoms with Crippen LogP contribution in [0.4, 0.5) is 0 Å². The van der Waals surface area contributed by atoms with E-state index in [0.717, 1.165) is 11.5 Å². The number of ether oxygens (including phenoxy) is 1. The van der Waals surface area contributed by atoms with Crippen LogP contribution in [0.25, 0.3) is 0 Å². The van der Waals surface area contributed by atoms with Crippen LogP contribution in [-0.2, 0) is 11.3 Å². The van der Waals surface area contributed by atoms with Crippen molar-refractivity contribution in [1.82, 2.24) is 15.5 Å². The van der Waals surface area contributed by atoms with E-state index in [4.69, 9.17) is 4.74 Å². The van der Waals surface area contributed by atoms with E-state index in [2.05, 4.69) is 15.6 Å². The van der Waals surface area contributed by atoms with E-state index in [0.29, 0.717) is 18.3 Å². The van der Waals surface area contributed by atoms with E-state index >= 15 is 0 Å². The zero-order valence-corrected chi connectivity index (χ0v) is 17.6. The highest BCUT2D eigenvalue weighted by Crippen LogP contribution is 2.17. The smallest absolute Gasteiger partial charge is 0.259 e. The molecule has 1 fully saturated rings. The van der Waals surface area contributed by atoms with Crippen molar-refractivity contribution in [3.63, 3.8) is 0 Å². The number of likely N-dealkylation sites (N-methyl/N-ethyl adjacent to an activating group) is 1. The van der Waals surface area contributed by atoms with Crippen LogP contribution < -0.4 is 15.4 Å². The SMILES string of the molecule is CN=C(NCc1cccc(OCC(=O)N(C)C)c1)NC1CCCC1.I. The van der Waals surface area contributed by atoms with Gasteiger partial charge in [0.2, 0.25) is 0 Å². The predicted molar refractivity (Wildman–Crippen MR) is 112 cm³/mol. The van der Waals surface area contributed by atoms with Gasteiger partial charge in [0.15, 0.2) is 12.6 Å². The second-order valence-corrected chi connectivity index (χ2v) is 6.28. The van der Waals surface area contributed by atoms with Gasteiger partial charge in [-0.3, -0.25) is 9.79 Å². The fourth-order valence-electron chi connectivity index (χ4n) is 2.66. The number of guanidine groups is 1. The normalized spacial score (nSPS) is 14.6. The maximum Gasteiger partial charge on any atom is 0.259 e. The number of aliphatic imine (C=N–C) groups is 1. The molecule has 2 N–H and O–H groups in total. The Kier molecular flexibility index (Phi) is 9.62. The fourth-order valence-corrected chi connectivity index (χ4v) is 2.66. The first-order valence-electron chi connectivity index (χ1n) is 8.47. The van der Waals surface area contributed by atoms with Crippen molar-refractivity contribution in [2.24, 2.45) is 4.99 Å². The molecule has 1 amide bonds. The molecule has 0 radical (unpaired) electrons. The summed E-state index contributed by atoms with van der Waals surface area (Å²) in [6.07, 6.45) is 5.01. The molecule has 0 spiro atoms. The molecule has 6 nitrogen and oxygen atoms in total. The Morgan fingerprint density at radius 1 is 1.32 bits per heavy atom. The summed E-state index contributed by atoms with van der Waals surface area (Å²) in [5, 5.41) is 6.79. The van der Waals surface area contributed by atoms with Crippen LogP contribution in [0.1, 0.15) is 31.2 Å². The monoisotopic (exact) mass is 460 g/mol. The maximum absolute atomic E-state index is 11.6. The lowest BCUT2D eigenvalue weighted by molar-refractivity contribution is -0.130. The summed E-state index contributed by atoms with van der Waals surface area (Å²) in [5.41, 5.74) is 1.08. The van der Waals surface area contributed by atoms with E-state index < -0.39 is 0 Å². The predicted octanol–water partition coefficient (Wildman–Crippen LogP) is 2.38. The number of carbonyl (C=O) groups excluding carboxylic acids is 1. The number of amides is 1. The average Bonchev–Trinajstić information content (AvgIpc) is 3.09. The highest BCUT2D eigenvalue weighted by molar-refractivity contribution is 14.0. The van der Waals surface area contributed by atoms with Gasteiger partial charge in [-0.25, -0.2) is 0 Å². The first-order valence-corrected chi connectivity index (χ1v) is 8.47. The fraction of sp³-hybridized carbons (Fsp3) is 0.556. The molecule has 1 saturated carbocycles. The summed E-state index contributed by atoms with van der Waals surface area (Å²) < 4.78 is 5.55. The lowest BCUT2D eigenvalue weighted by Gasteiger charge is -2.17. The Labute approximate surface area is 167 Å². The van der Waals surface area contributed by atoms with Crippen molar-refractivity contribution in [1.29, 1.82) is 0 Å². The van der Waals surface area contributed by atoms with E-state index in [1.54, 1.807) is 21.1 Å². The molecule has 0 saturated heterocycles. The molecule has 0 aromatic heterocycles. The van der Waals surface area contributed by atoms with Gasteiger partial charge in [0, 0.05) is 33.7 Å². The third-order valence-corrected chi connectivity index (χ3v) is 4.14. The minimum Gasteiger partial charge on any atom is -0.484 e. The largest absolute Gasteiger partial charge is 0.484 e. The second kappa shape index (κ2) is 11.2. The molecule has 0 aliphatic heterocycles. The topological polar surface area (TPSA) is 66.0 Å². The average molecular weight is 460 g/mol. The van der Waals surface area contributed by atoms with Crippen molar-refractivity contribution in [2.75, 3.05) is 27.7 Å². The molecule has 7 heteroatoms. The third-order valence-electron chi connectivity index (χ3n) is 4.14. The Balaban J connectivity index is 0.00000312. The van der Waals surface area contributed by atoms with Crippen molar-refractivity contribution in [3.8, 4) is 5.75 Å². The van der Waals surface area contributed by atoms with Gasteiger partial charge in [0.05, 0.1) is 0 Å². The molecule has 0 unspecified atom stereocenters. The number of halogens is 1. The Morgan fingerprint density at radius 2 is 2.04 bits per heavy atom. The van der Waals surface area contributed by atoms with Crippen LogP contribution in [0.5, 0.6) is 5.75 Å². The molecule has 1 aliphatic carbocycles. The molecule has 140 valence electrons. The van der Waals surface area contributed by atoms with Crippen LogP contribution in [0.15, 0.2) is 29.3 Å². The van der Waals surface area contributed by atoms with Gasteiger partial charge >= 0.3 is 0 Å². The Morgan fingerprint density at radius 3 is 2.68 bits per heavy atom. The molecular weight excluding hydrogens is 431 g/mol. The number of rotatable bonds is 6. The number of nitrogens with one attached hydrogen (secondary N) is 2. The first-order chi connectivity index (χ1) is 11.6. The van der Waals surface area contributed by atoms with Crippen molar-refractivity contribution < 1.29 is 9.53 Å². The molecule has 0 atom stereocenters. The lowest BCUT2D eigenvalue weighted by Crippen LogP contribution is -2.41. The zero-order chi connectivity index (χ0) is 17.4. The Hall–Kier alpha value is -1.51. The minimum absolute atomic E-state index is 0. The number of benzene rings is 1. The van der Waals surface area contributed by atoms with Gasteiger partial charge in [0.1, 0.15) is 5.75 Å². The van der Waals surface area contributed by atoms with Gasteiger partial charge < -0.3 is 20.3 Å². The van der Waals surface area contributed by atoms with Crippen LogP contribution in [0.2, 0.25) is 0 Å². The lowest BCUT2D eigenvalue weighted by atomic mass is 10.2. The number of nitrogens with zero attached hydrogens (tertiary/aromatic N) is 2. The summed E-state index contributed by atoms with van der Waals surface area (Å²) in [5.74, 6) is 1.47. The highest BCUT2D eigenvalue weighted by atomic mass is 127. The van der Waals surface area contributed by atoms with Gasteiger partial charge in [-0.1, -0.05) is 25.0 Å².